The highest BCUT2D eigenvalue weighted by Crippen LogP contribution is 2.32. The second-order valence-corrected chi connectivity index (χ2v) is 5.93. The molecule has 1 atom stereocenters. The number of benzene rings is 2. The molecule has 4 heteroatoms. The van der Waals surface area contributed by atoms with Crippen LogP contribution >= 0.6 is 0 Å². The smallest absolute Gasteiger partial charge is 0.338 e. The van der Waals surface area contributed by atoms with Crippen molar-refractivity contribution in [1.29, 1.82) is 0 Å². The molecule has 24 heavy (non-hydrogen) atoms. The fourth-order valence-electron chi connectivity index (χ4n) is 3.16. The number of aryl methyl sites for hydroxylation is 1. The highest BCUT2D eigenvalue weighted by molar-refractivity contribution is 5.97. The number of anilines is 1. The Morgan fingerprint density at radius 3 is 2.62 bits per heavy atom. The molecule has 1 amide bonds. The Kier molecular flexibility index (Phi) is 4.94. The van der Waals surface area contributed by atoms with Crippen LogP contribution < -0.4 is 5.32 Å². The average molecular weight is 323 g/mol. The Balaban J connectivity index is 1.71. The van der Waals surface area contributed by atoms with Gasteiger partial charge in [-0.25, -0.2) is 4.79 Å². The molecule has 0 aromatic heterocycles. The topological polar surface area (TPSA) is 55.4 Å². The van der Waals surface area contributed by atoms with Gasteiger partial charge in [-0.2, -0.15) is 0 Å². The summed E-state index contributed by atoms with van der Waals surface area (Å²) >= 11 is 0. The van der Waals surface area contributed by atoms with Crippen LogP contribution in [0.3, 0.4) is 0 Å². The van der Waals surface area contributed by atoms with Crippen LogP contribution in [0.4, 0.5) is 5.69 Å². The predicted octanol–water partition coefficient (Wildman–Crippen LogP) is 3.92. The van der Waals surface area contributed by atoms with Crippen LogP contribution in [0.25, 0.3) is 0 Å². The molecule has 0 heterocycles. The quantitative estimate of drug-likeness (QED) is 0.868. The fourth-order valence-corrected chi connectivity index (χ4v) is 3.16. The van der Waals surface area contributed by atoms with Crippen LogP contribution in [-0.4, -0.2) is 18.5 Å². The molecule has 0 unspecified atom stereocenters. The number of carbonyl (C=O) groups is 2. The monoisotopic (exact) mass is 323 g/mol. The Morgan fingerprint density at radius 1 is 1.12 bits per heavy atom. The lowest BCUT2D eigenvalue weighted by molar-refractivity contribution is -0.117. The number of hydrogen-bond donors (Lipinski definition) is 1. The summed E-state index contributed by atoms with van der Waals surface area (Å²) in [4.78, 5) is 24.3. The van der Waals surface area contributed by atoms with E-state index in [4.69, 9.17) is 4.74 Å². The molecular formula is C20H21NO3. The minimum atomic E-state index is -0.350. The van der Waals surface area contributed by atoms with Crippen molar-refractivity contribution >= 4 is 17.6 Å². The predicted molar refractivity (Wildman–Crippen MR) is 93.1 cm³/mol. The lowest BCUT2D eigenvalue weighted by atomic mass is 9.82. The number of nitrogens with one attached hydrogen (secondary N) is 1. The van der Waals surface area contributed by atoms with Gasteiger partial charge in [-0.15, -0.1) is 0 Å². The normalized spacial score (nSPS) is 16.1. The molecule has 0 fully saturated rings. The van der Waals surface area contributed by atoms with Gasteiger partial charge in [-0.05, 0) is 61.6 Å². The molecule has 1 N–H and O–H groups in total. The van der Waals surface area contributed by atoms with E-state index in [0.29, 0.717) is 17.9 Å². The number of fused-ring (bicyclic) bond motifs is 1. The summed E-state index contributed by atoms with van der Waals surface area (Å²) in [5, 5.41) is 2.96. The van der Waals surface area contributed by atoms with Gasteiger partial charge in [0.1, 0.15) is 0 Å². The van der Waals surface area contributed by atoms with Gasteiger partial charge in [0.05, 0.1) is 18.1 Å². The highest BCUT2D eigenvalue weighted by atomic mass is 16.5. The Labute approximate surface area is 141 Å². The van der Waals surface area contributed by atoms with Crippen LogP contribution in [0.1, 0.15) is 47.2 Å². The Bertz CT molecular complexity index is 737. The average Bonchev–Trinajstić information content (AvgIpc) is 2.62. The van der Waals surface area contributed by atoms with Crippen LogP contribution in [0.5, 0.6) is 0 Å². The van der Waals surface area contributed by atoms with E-state index in [1.165, 1.54) is 5.56 Å². The maximum atomic E-state index is 12.6. The highest BCUT2D eigenvalue weighted by Gasteiger charge is 2.26. The van der Waals surface area contributed by atoms with Crippen molar-refractivity contribution in [3.05, 3.63) is 65.2 Å². The van der Waals surface area contributed by atoms with E-state index in [0.717, 1.165) is 24.8 Å². The summed E-state index contributed by atoms with van der Waals surface area (Å²) in [6.07, 6.45) is 2.93. The number of ether oxygens (including phenoxy) is 1. The number of esters is 1. The van der Waals surface area contributed by atoms with E-state index < -0.39 is 0 Å². The molecule has 0 radical (unpaired) electrons. The third-order valence-electron chi connectivity index (χ3n) is 4.35. The lowest BCUT2D eigenvalue weighted by Crippen LogP contribution is -2.24. The first-order valence-electron chi connectivity index (χ1n) is 8.35. The van der Waals surface area contributed by atoms with E-state index >= 15 is 0 Å². The Morgan fingerprint density at radius 2 is 1.88 bits per heavy atom. The van der Waals surface area contributed by atoms with Crippen LogP contribution in [0.2, 0.25) is 0 Å². The van der Waals surface area contributed by atoms with E-state index in [2.05, 4.69) is 11.4 Å². The van der Waals surface area contributed by atoms with Crippen molar-refractivity contribution in [2.75, 3.05) is 11.9 Å². The molecule has 0 spiro atoms. The first kappa shape index (κ1) is 16.2. The molecule has 1 aliphatic carbocycles. The van der Waals surface area contributed by atoms with Crippen molar-refractivity contribution < 1.29 is 14.3 Å². The maximum absolute atomic E-state index is 12.6. The number of hydrogen-bond acceptors (Lipinski definition) is 3. The molecule has 2 aromatic rings. The van der Waals surface area contributed by atoms with Gasteiger partial charge < -0.3 is 10.1 Å². The number of amides is 1. The van der Waals surface area contributed by atoms with Gasteiger partial charge in [0.15, 0.2) is 0 Å². The fraction of sp³-hybridized carbons (Fsp3) is 0.300. The van der Waals surface area contributed by atoms with Gasteiger partial charge in [0, 0.05) is 5.69 Å². The zero-order valence-corrected chi connectivity index (χ0v) is 13.7. The molecular weight excluding hydrogens is 302 g/mol. The largest absolute Gasteiger partial charge is 0.462 e. The summed E-state index contributed by atoms with van der Waals surface area (Å²) in [6, 6.07) is 15.0. The molecule has 4 nitrogen and oxygen atoms in total. The van der Waals surface area contributed by atoms with Gasteiger partial charge >= 0.3 is 5.97 Å². The second kappa shape index (κ2) is 7.30. The van der Waals surface area contributed by atoms with Crippen LogP contribution in [0, 0.1) is 0 Å². The van der Waals surface area contributed by atoms with E-state index in [1.807, 2.05) is 18.2 Å². The van der Waals surface area contributed by atoms with Gasteiger partial charge in [0.25, 0.3) is 0 Å². The standard InChI is InChI=1S/C20H21NO3/c1-2-24-20(23)15-10-12-16(13-11-15)21-19(22)18-9-5-7-14-6-3-4-8-17(14)18/h3-4,6,8,10-13,18H,2,5,7,9H2,1H3,(H,21,22)/t18-/m1/s1. The van der Waals surface area contributed by atoms with Crippen LogP contribution in [0.15, 0.2) is 48.5 Å². The molecule has 0 saturated carbocycles. The van der Waals surface area contributed by atoms with E-state index in [-0.39, 0.29) is 17.8 Å². The molecule has 0 saturated heterocycles. The van der Waals surface area contributed by atoms with Gasteiger partial charge in [0.2, 0.25) is 5.91 Å². The van der Waals surface area contributed by atoms with Crippen molar-refractivity contribution in [1.82, 2.24) is 0 Å². The molecule has 3 rings (SSSR count). The van der Waals surface area contributed by atoms with E-state index in [9.17, 15) is 9.59 Å². The lowest BCUT2D eigenvalue weighted by Gasteiger charge is -2.24. The third-order valence-corrected chi connectivity index (χ3v) is 4.35. The minimum absolute atomic E-state index is 0.00559. The Hall–Kier alpha value is -2.62. The third kappa shape index (κ3) is 3.48. The van der Waals surface area contributed by atoms with Crippen LogP contribution in [-0.2, 0) is 16.0 Å². The zero-order chi connectivity index (χ0) is 16.9. The first-order chi connectivity index (χ1) is 11.7. The first-order valence-corrected chi connectivity index (χ1v) is 8.35. The second-order valence-electron chi connectivity index (χ2n) is 5.93. The molecule has 2 aromatic carbocycles. The number of carbonyl (C=O) groups excluding carboxylic acids is 2. The molecule has 124 valence electrons. The molecule has 0 aliphatic heterocycles. The summed E-state index contributed by atoms with van der Waals surface area (Å²) in [5.41, 5.74) is 3.57. The summed E-state index contributed by atoms with van der Waals surface area (Å²) < 4.78 is 4.96. The summed E-state index contributed by atoms with van der Waals surface area (Å²) in [5.74, 6) is -0.456. The molecule has 1 aliphatic rings. The van der Waals surface area contributed by atoms with Gasteiger partial charge in [-0.1, -0.05) is 24.3 Å². The van der Waals surface area contributed by atoms with Gasteiger partial charge in [-0.3, -0.25) is 4.79 Å². The summed E-state index contributed by atoms with van der Waals surface area (Å²) in [7, 11) is 0. The zero-order valence-electron chi connectivity index (χ0n) is 13.7. The van der Waals surface area contributed by atoms with Crippen molar-refractivity contribution in [2.24, 2.45) is 0 Å². The maximum Gasteiger partial charge on any atom is 0.338 e. The van der Waals surface area contributed by atoms with Crippen molar-refractivity contribution in [3.63, 3.8) is 0 Å². The minimum Gasteiger partial charge on any atom is -0.462 e. The van der Waals surface area contributed by atoms with E-state index in [1.54, 1.807) is 31.2 Å². The SMILES string of the molecule is CCOC(=O)c1ccc(NC(=O)[C@@H]2CCCc3ccccc32)cc1. The number of rotatable bonds is 4. The van der Waals surface area contributed by atoms with Crippen molar-refractivity contribution in [3.8, 4) is 0 Å². The summed E-state index contributed by atoms with van der Waals surface area (Å²) in [6.45, 7) is 2.12. The van der Waals surface area contributed by atoms with Crippen molar-refractivity contribution in [2.45, 2.75) is 32.1 Å². The molecule has 0 bridgehead atoms.